The van der Waals surface area contributed by atoms with Crippen molar-refractivity contribution in [1.82, 2.24) is 10.3 Å². The van der Waals surface area contributed by atoms with Crippen LogP contribution in [0.5, 0.6) is 11.5 Å². The summed E-state index contributed by atoms with van der Waals surface area (Å²) in [6.45, 7) is 5.05. The van der Waals surface area contributed by atoms with E-state index in [1.165, 1.54) is 24.3 Å². The van der Waals surface area contributed by atoms with Crippen molar-refractivity contribution in [2.75, 3.05) is 0 Å². The van der Waals surface area contributed by atoms with Gasteiger partial charge in [-0.05, 0) is 81.4 Å². The predicted octanol–water partition coefficient (Wildman–Crippen LogP) is 4.56. The van der Waals surface area contributed by atoms with Crippen LogP contribution in [-0.4, -0.2) is 34.4 Å². The average molecular weight is 494 g/mol. The number of rotatable bonds is 9. The lowest BCUT2D eigenvalue weighted by molar-refractivity contribution is -0.125. The zero-order valence-corrected chi connectivity index (χ0v) is 20.3. The predicted molar refractivity (Wildman–Crippen MR) is 132 cm³/mol. The topological polar surface area (TPSA) is 121 Å². The quantitative estimate of drug-likeness (QED) is 0.451. The van der Waals surface area contributed by atoms with Crippen LogP contribution in [0.2, 0.25) is 0 Å². The number of alkyl carbamates (subject to hydrolysis) is 1. The Labute approximate surface area is 208 Å². The number of primary amides is 1. The van der Waals surface area contributed by atoms with Crippen LogP contribution in [0.25, 0.3) is 11.3 Å². The van der Waals surface area contributed by atoms with Crippen molar-refractivity contribution in [3.8, 4) is 22.8 Å². The number of ether oxygens (including phenoxy) is 2. The number of Topliss-reactive ketones (excluding diaryl/α,β-unsaturated/α-hetero) is 1. The lowest BCUT2D eigenvalue weighted by atomic mass is 10.0. The molecule has 0 saturated heterocycles. The van der Waals surface area contributed by atoms with Gasteiger partial charge in [0.25, 0.3) is 0 Å². The molecule has 36 heavy (non-hydrogen) atoms. The summed E-state index contributed by atoms with van der Waals surface area (Å²) in [5, 5.41) is 2.34. The van der Waals surface area contributed by atoms with Crippen molar-refractivity contribution in [2.45, 2.75) is 45.3 Å². The summed E-state index contributed by atoms with van der Waals surface area (Å²) >= 11 is 0. The largest absolute Gasteiger partial charge is 0.457 e. The van der Waals surface area contributed by atoms with Crippen LogP contribution in [0.15, 0.2) is 66.7 Å². The SMILES string of the molecule is CC(C)(C)OC(=O)N[C@@H](CC(=O)Cc1cccc(-c2ccc(Oc3ccc(F)cc3)cc2)n1)C(N)=O. The first-order valence-corrected chi connectivity index (χ1v) is 11.3. The Morgan fingerprint density at radius 2 is 1.58 bits per heavy atom. The molecule has 8 nitrogen and oxygen atoms in total. The molecule has 188 valence electrons. The molecule has 0 aliphatic heterocycles. The third-order valence-electron chi connectivity index (χ3n) is 4.85. The maximum Gasteiger partial charge on any atom is 0.408 e. The van der Waals surface area contributed by atoms with Crippen LogP contribution in [0.4, 0.5) is 9.18 Å². The summed E-state index contributed by atoms with van der Waals surface area (Å²) in [6, 6.07) is 17.0. The normalized spacial score (nSPS) is 11.9. The fourth-order valence-electron chi connectivity index (χ4n) is 3.25. The van der Waals surface area contributed by atoms with E-state index in [1.807, 2.05) is 12.1 Å². The third kappa shape index (κ3) is 8.19. The zero-order chi connectivity index (χ0) is 26.3. The first kappa shape index (κ1) is 26.3. The number of amides is 2. The van der Waals surface area contributed by atoms with Gasteiger partial charge in [0.1, 0.15) is 34.7 Å². The van der Waals surface area contributed by atoms with Gasteiger partial charge in [0.15, 0.2) is 0 Å². The lowest BCUT2D eigenvalue weighted by Gasteiger charge is -2.22. The Kier molecular flexibility index (Phi) is 8.37. The molecule has 2 aromatic carbocycles. The van der Waals surface area contributed by atoms with E-state index >= 15 is 0 Å². The molecule has 0 aliphatic rings. The van der Waals surface area contributed by atoms with Crippen LogP contribution in [-0.2, 0) is 20.7 Å². The van der Waals surface area contributed by atoms with Gasteiger partial charge in [0, 0.05) is 24.1 Å². The standard InChI is InChI=1S/C27H28FN3O5/c1-27(2,3)36-26(34)31-24(25(29)33)16-20(32)15-19-5-4-6-23(30-19)17-7-11-21(12-8-17)35-22-13-9-18(28)10-14-22/h4-14,24H,15-16H2,1-3H3,(H2,29,33)(H,31,34)/t24-/m0/s1. The molecule has 0 aliphatic carbocycles. The van der Waals surface area contributed by atoms with Crippen LogP contribution >= 0.6 is 0 Å². The lowest BCUT2D eigenvalue weighted by Crippen LogP contribution is -2.47. The molecule has 3 rings (SSSR count). The molecule has 0 radical (unpaired) electrons. The summed E-state index contributed by atoms with van der Waals surface area (Å²) < 4.78 is 23.9. The van der Waals surface area contributed by atoms with E-state index < -0.39 is 23.6 Å². The van der Waals surface area contributed by atoms with Gasteiger partial charge in [0.05, 0.1) is 5.69 Å². The monoisotopic (exact) mass is 493 g/mol. The molecular weight excluding hydrogens is 465 g/mol. The van der Waals surface area contributed by atoms with Crippen molar-refractivity contribution < 1.29 is 28.2 Å². The molecule has 3 N–H and O–H groups in total. The van der Waals surface area contributed by atoms with Crippen LogP contribution in [0.3, 0.4) is 0 Å². The number of halogens is 1. The van der Waals surface area contributed by atoms with Crippen LogP contribution in [0, 0.1) is 5.82 Å². The maximum absolute atomic E-state index is 13.1. The summed E-state index contributed by atoms with van der Waals surface area (Å²) in [5.74, 6) is -0.405. The molecule has 3 aromatic rings. The fourth-order valence-corrected chi connectivity index (χ4v) is 3.25. The zero-order valence-electron chi connectivity index (χ0n) is 20.3. The van der Waals surface area contributed by atoms with Gasteiger partial charge in [-0.3, -0.25) is 14.6 Å². The number of hydrogen-bond acceptors (Lipinski definition) is 6. The maximum atomic E-state index is 13.1. The van der Waals surface area contributed by atoms with Gasteiger partial charge in [-0.15, -0.1) is 0 Å². The number of ketones is 1. The van der Waals surface area contributed by atoms with Crippen molar-refractivity contribution in [1.29, 1.82) is 0 Å². The first-order valence-electron chi connectivity index (χ1n) is 11.3. The second kappa shape index (κ2) is 11.4. The number of carbonyl (C=O) groups excluding carboxylic acids is 3. The summed E-state index contributed by atoms with van der Waals surface area (Å²) in [4.78, 5) is 40.8. The second-order valence-corrected chi connectivity index (χ2v) is 9.12. The molecule has 2 amide bonds. The molecule has 1 atom stereocenters. The number of nitrogens with one attached hydrogen (secondary N) is 1. The van der Waals surface area contributed by atoms with Gasteiger partial charge in [0.2, 0.25) is 5.91 Å². The number of benzene rings is 2. The molecule has 0 spiro atoms. The molecule has 0 saturated carbocycles. The smallest absolute Gasteiger partial charge is 0.408 e. The molecule has 0 fully saturated rings. The summed E-state index contributed by atoms with van der Waals surface area (Å²) in [7, 11) is 0. The van der Waals surface area contributed by atoms with Crippen molar-refractivity contribution in [2.24, 2.45) is 5.73 Å². The van der Waals surface area contributed by atoms with Gasteiger partial charge in [-0.1, -0.05) is 6.07 Å². The molecular formula is C27H28FN3O5. The molecule has 0 bridgehead atoms. The van der Waals surface area contributed by atoms with Gasteiger partial charge in [-0.2, -0.15) is 0 Å². The minimum Gasteiger partial charge on any atom is -0.457 e. The molecule has 1 heterocycles. The highest BCUT2D eigenvalue weighted by Crippen LogP contribution is 2.25. The Balaban J connectivity index is 1.62. The number of carbonyl (C=O) groups is 3. The van der Waals surface area contributed by atoms with E-state index in [9.17, 15) is 18.8 Å². The van der Waals surface area contributed by atoms with Crippen LogP contribution in [0.1, 0.15) is 32.9 Å². The molecule has 9 heteroatoms. The number of nitrogens with two attached hydrogens (primary N) is 1. The van der Waals surface area contributed by atoms with E-state index in [0.29, 0.717) is 22.9 Å². The van der Waals surface area contributed by atoms with Gasteiger partial charge >= 0.3 is 6.09 Å². The minimum atomic E-state index is -1.19. The summed E-state index contributed by atoms with van der Waals surface area (Å²) in [6.07, 6.45) is -1.15. The third-order valence-corrected chi connectivity index (χ3v) is 4.85. The van der Waals surface area contributed by atoms with Gasteiger partial charge < -0.3 is 20.5 Å². The Hall–Kier alpha value is -4.27. The van der Waals surface area contributed by atoms with Crippen molar-refractivity contribution in [3.05, 3.63) is 78.2 Å². The Morgan fingerprint density at radius 3 is 2.17 bits per heavy atom. The number of hydrogen-bond donors (Lipinski definition) is 2. The highest BCUT2D eigenvalue weighted by Gasteiger charge is 2.25. The van der Waals surface area contributed by atoms with Crippen molar-refractivity contribution >= 4 is 17.8 Å². The average Bonchev–Trinajstić information content (AvgIpc) is 2.79. The Morgan fingerprint density at radius 1 is 0.972 bits per heavy atom. The van der Waals surface area contributed by atoms with Crippen molar-refractivity contribution in [3.63, 3.8) is 0 Å². The van der Waals surface area contributed by atoms with E-state index in [0.717, 1.165) is 5.56 Å². The molecule has 1 aromatic heterocycles. The van der Waals surface area contributed by atoms with E-state index in [2.05, 4.69) is 10.3 Å². The molecule has 0 unspecified atom stereocenters. The van der Waals surface area contributed by atoms with E-state index in [4.69, 9.17) is 15.2 Å². The second-order valence-electron chi connectivity index (χ2n) is 9.12. The van der Waals surface area contributed by atoms with Gasteiger partial charge in [-0.25, -0.2) is 9.18 Å². The minimum absolute atomic E-state index is 0.0423. The number of pyridine rings is 1. The number of nitrogens with zero attached hydrogens (tertiary/aromatic N) is 1. The highest BCUT2D eigenvalue weighted by molar-refractivity contribution is 5.91. The first-order chi connectivity index (χ1) is 17.0. The number of aromatic nitrogens is 1. The van der Waals surface area contributed by atoms with E-state index in [1.54, 1.807) is 51.1 Å². The van der Waals surface area contributed by atoms with Crippen LogP contribution < -0.4 is 15.8 Å². The highest BCUT2D eigenvalue weighted by atomic mass is 19.1. The Bertz CT molecular complexity index is 1220. The fraction of sp³-hybridized carbons (Fsp3) is 0.259. The van der Waals surface area contributed by atoms with E-state index in [-0.39, 0.29) is 24.4 Å². The summed E-state index contributed by atoms with van der Waals surface area (Å²) in [5.41, 5.74) is 6.55.